The van der Waals surface area contributed by atoms with Gasteiger partial charge in [0, 0.05) is 24.8 Å². The Labute approximate surface area is 115 Å². The minimum absolute atomic E-state index is 0.119. The largest absolute Gasteiger partial charge is 0.307 e. The first-order valence-electron chi connectivity index (χ1n) is 6.77. The molecule has 1 amide bonds. The van der Waals surface area contributed by atoms with Gasteiger partial charge >= 0.3 is 0 Å². The molecule has 1 aromatic carbocycles. The number of anilines is 1. The summed E-state index contributed by atoms with van der Waals surface area (Å²) in [6.45, 7) is 5.70. The van der Waals surface area contributed by atoms with E-state index in [-0.39, 0.29) is 18.0 Å². The number of nitrogens with one attached hydrogen (secondary N) is 1. The fourth-order valence-electron chi connectivity index (χ4n) is 2.54. The molecule has 1 heterocycles. The molecule has 4 heteroatoms. The molecule has 19 heavy (non-hydrogen) atoms. The standard InChI is InChI=1S/C15H23N3O/c1-11-6-5-7-13(8-11)18-12(2)9-16-14(15(18)19)10-17(3)4/h5-8,12,14,16H,9-10H2,1-4H3. The molecule has 104 valence electrons. The minimum Gasteiger partial charge on any atom is -0.307 e. The van der Waals surface area contributed by atoms with Gasteiger partial charge in [-0.3, -0.25) is 4.79 Å². The summed E-state index contributed by atoms with van der Waals surface area (Å²) in [7, 11) is 3.98. The Morgan fingerprint density at radius 3 is 2.79 bits per heavy atom. The van der Waals surface area contributed by atoms with Gasteiger partial charge in [0.25, 0.3) is 0 Å². The minimum atomic E-state index is -0.119. The van der Waals surface area contributed by atoms with Crippen molar-refractivity contribution in [3.63, 3.8) is 0 Å². The van der Waals surface area contributed by atoms with Crippen molar-refractivity contribution < 1.29 is 4.79 Å². The number of nitrogens with zero attached hydrogens (tertiary/aromatic N) is 2. The normalized spacial score (nSPS) is 24.1. The molecule has 1 fully saturated rings. The molecule has 0 saturated carbocycles. The van der Waals surface area contributed by atoms with Crippen LogP contribution in [0.25, 0.3) is 0 Å². The maximum Gasteiger partial charge on any atom is 0.245 e. The number of amides is 1. The Hall–Kier alpha value is -1.39. The molecule has 2 atom stereocenters. The topological polar surface area (TPSA) is 35.6 Å². The number of piperazine rings is 1. The van der Waals surface area contributed by atoms with Crippen LogP contribution in [0.1, 0.15) is 12.5 Å². The highest BCUT2D eigenvalue weighted by Crippen LogP contribution is 2.22. The Kier molecular flexibility index (Phi) is 4.22. The van der Waals surface area contributed by atoms with E-state index < -0.39 is 0 Å². The molecule has 0 bridgehead atoms. The summed E-state index contributed by atoms with van der Waals surface area (Å²) in [6.07, 6.45) is 0. The van der Waals surface area contributed by atoms with Gasteiger partial charge in [-0.2, -0.15) is 0 Å². The molecular formula is C15H23N3O. The lowest BCUT2D eigenvalue weighted by molar-refractivity contribution is -0.122. The Bertz CT molecular complexity index is 458. The maximum atomic E-state index is 12.6. The summed E-state index contributed by atoms with van der Waals surface area (Å²) >= 11 is 0. The third-order valence-electron chi connectivity index (χ3n) is 3.46. The molecule has 1 aromatic rings. The van der Waals surface area contributed by atoms with E-state index in [0.717, 1.165) is 18.8 Å². The second-order valence-electron chi connectivity index (χ2n) is 5.62. The lowest BCUT2D eigenvalue weighted by atomic mass is 10.1. The fraction of sp³-hybridized carbons (Fsp3) is 0.533. The van der Waals surface area contributed by atoms with E-state index in [4.69, 9.17) is 0 Å². The highest BCUT2D eigenvalue weighted by molar-refractivity contribution is 5.98. The first-order valence-corrected chi connectivity index (χ1v) is 6.77. The fourth-order valence-corrected chi connectivity index (χ4v) is 2.54. The van der Waals surface area contributed by atoms with Crippen molar-refractivity contribution in [2.75, 3.05) is 32.1 Å². The second kappa shape index (κ2) is 5.72. The quantitative estimate of drug-likeness (QED) is 0.889. The molecule has 0 spiro atoms. The van der Waals surface area contributed by atoms with E-state index in [1.165, 1.54) is 5.56 Å². The van der Waals surface area contributed by atoms with Crippen molar-refractivity contribution >= 4 is 11.6 Å². The van der Waals surface area contributed by atoms with Gasteiger partial charge in [-0.05, 0) is 45.6 Å². The molecule has 0 aromatic heterocycles. The molecule has 1 N–H and O–H groups in total. The van der Waals surface area contributed by atoms with Crippen LogP contribution < -0.4 is 10.2 Å². The van der Waals surface area contributed by atoms with Crippen LogP contribution >= 0.6 is 0 Å². The number of hydrogen-bond donors (Lipinski definition) is 1. The second-order valence-corrected chi connectivity index (χ2v) is 5.62. The van der Waals surface area contributed by atoms with Crippen LogP contribution in [0.5, 0.6) is 0 Å². The van der Waals surface area contributed by atoms with Gasteiger partial charge < -0.3 is 15.1 Å². The van der Waals surface area contributed by atoms with Crippen molar-refractivity contribution in [2.24, 2.45) is 0 Å². The number of likely N-dealkylation sites (N-methyl/N-ethyl adjacent to an activating group) is 1. The first-order chi connectivity index (χ1) is 8.99. The molecule has 0 aliphatic carbocycles. The molecule has 1 aliphatic heterocycles. The SMILES string of the molecule is Cc1cccc(N2C(=O)C(CN(C)C)NCC2C)c1. The van der Waals surface area contributed by atoms with Gasteiger partial charge in [-0.25, -0.2) is 0 Å². The average molecular weight is 261 g/mol. The van der Waals surface area contributed by atoms with E-state index in [9.17, 15) is 4.79 Å². The van der Waals surface area contributed by atoms with E-state index in [1.807, 2.05) is 36.0 Å². The Morgan fingerprint density at radius 1 is 1.42 bits per heavy atom. The zero-order valence-corrected chi connectivity index (χ0v) is 12.2. The molecule has 1 aliphatic rings. The van der Waals surface area contributed by atoms with Crippen molar-refractivity contribution in [1.29, 1.82) is 0 Å². The molecule has 1 saturated heterocycles. The van der Waals surface area contributed by atoms with Crippen molar-refractivity contribution in [3.8, 4) is 0 Å². The van der Waals surface area contributed by atoms with E-state index in [0.29, 0.717) is 0 Å². The van der Waals surface area contributed by atoms with Gasteiger partial charge in [-0.15, -0.1) is 0 Å². The van der Waals surface area contributed by atoms with E-state index in [1.54, 1.807) is 0 Å². The average Bonchev–Trinajstić information content (AvgIpc) is 2.33. The van der Waals surface area contributed by atoms with Crippen molar-refractivity contribution in [1.82, 2.24) is 10.2 Å². The smallest absolute Gasteiger partial charge is 0.245 e. The van der Waals surface area contributed by atoms with Crippen LogP contribution in [0.3, 0.4) is 0 Å². The van der Waals surface area contributed by atoms with Crippen molar-refractivity contribution in [2.45, 2.75) is 25.9 Å². The first kappa shape index (κ1) is 14.0. The predicted octanol–water partition coefficient (Wildman–Crippen LogP) is 1.25. The monoisotopic (exact) mass is 261 g/mol. The molecule has 0 radical (unpaired) electrons. The summed E-state index contributed by atoms with van der Waals surface area (Å²) in [4.78, 5) is 16.6. The van der Waals surface area contributed by atoms with Gasteiger partial charge in [0.1, 0.15) is 6.04 Å². The zero-order valence-electron chi connectivity index (χ0n) is 12.2. The molecule has 2 rings (SSSR count). The van der Waals surface area contributed by atoms with Crippen LogP contribution in [0.2, 0.25) is 0 Å². The summed E-state index contributed by atoms with van der Waals surface area (Å²) in [5.74, 6) is 0.165. The molecular weight excluding hydrogens is 238 g/mol. The number of rotatable bonds is 3. The van der Waals surface area contributed by atoms with Crippen LogP contribution in [0.15, 0.2) is 24.3 Å². The van der Waals surface area contributed by atoms with E-state index in [2.05, 4.69) is 31.3 Å². The summed E-state index contributed by atoms with van der Waals surface area (Å²) in [5.41, 5.74) is 2.18. The number of aryl methyl sites for hydroxylation is 1. The highest BCUT2D eigenvalue weighted by atomic mass is 16.2. The zero-order chi connectivity index (χ0) is 14.0. The third-order valence-corrected chi connectivity index (χ3v) is 3.46. The van der Waals surface area contributed by atoms with E-state index >= 15 is 0 Å². The summed E-state index contributed by atoms with van der Waals surface area (Å²) in [6, 6.07) is 8.22. The number of benzene rings is 1. The van der Waals surface area contributed by atoms with Gasteiger partial charge in [-0.1, -0.05) is 12.1 Å². The highest BCUT2D eigenvalue weighted by Gasteiger charge is 2.33. The Morgan fingerprint density at radius 2 is 2.16 bits per heavy atom. The Balaban J connectivity index is 2.24. The van der Waals surface area contributed by atoms with Gasteiger partial charge in [0.15, 0.2) is 0 Å². The number of carbonyl (C=O) groups is 1. The predicted molar refractivity (Wildman–Crippen MR) is 78.5 cm³/mol. The molecule has 2 unspecified atom stereocenters. The summed E-state index contributed by atoms with van der Waals surface area (Å²) < 4.78 is 0. The molecule has 4 nitrogen and oxygen atoms in total. The van der Waals surface area contributed by atoms with Gasteiger partial charge in [0.05, 0.1) is 0 Å². The number of hydrogen-bond acceptors (Lipinski definition) is 3. The van der Waals surface area contributed by atoms with Crippen LogP contribution in [0.4, 0.5) is 5.69 Å². The third kappa shape index (κ3) is 3.14. The maximum absolute atomic E-state index is 12.6. The number of carbonyl (C=O) groups excluding carboxylic acids is 1. The van der Waals surface area contributed by atoms with Gasteiger partial charge in [0.2, 0.25) is 5.91 Å². The lowest BCUT2D eigenvalue weighted by Gasteiger charge is -2.39. The van der Waals surface area contributed by atoms with Crippen molar-refractivity contribution in [3.05, 3.63) is 29.8 Å². The van der Waals surface area contributed by atoms with Crippen LogP contribution in [-0.4, -0.2) is 50.1 Å². The lowest BCUT2D eigenvalue weighted by Crippen LogP contribution is -2.62. The van der Waals surface area contributed by atoms with Crippen LogP contribution in [-0.2, 0) is 4.79 Å². The van der Waals surface area contributed by atoms with Crippen LogP contribution in [0, 0.1) is 6.92 Å². The summed E-state index contributed by atoms with van der Waals surface area (Å²) in [5, 5.41) is 3.33.